The van der Waals surface area contributed by atoms with Crippen molar-refractivity contribution in [3.63, 3.8) is 0 Å². The van der Waals surface area contributed by atoms with Gasteiger partial charge in [0.1, 0.15) is 5.82 Å². The molecule has 0 aliphatic carbocycles. The van der Waals surface area contributed by atoms with E-state index in [-0.39, 0.29) is 11.2 Å². The first-order valence-corrected chi connectivity index (χ1v) is 9.79. The third kappa shape index (κ3) is 4.98. The molecular formula is C17H30N4OS. The summed E-state index contributed by atoms with van der Waals surface area (Å²) < 4.78 is 2.30. The molecule has 23 heavy (non-hydrogen) atoms. The van der Waals surface area contributed by atoms with Gasteiger partial charge in [0.15, 0.2) is 0 Å². The van der Waals surface area contributed by atoms with Crippen molar-refractivity contribution in [1.29, 1.82) is 0 Å². The molecule has 5 nitrogen and oxygen atoms in total. The molecule has 1 aromatic heterocycles. The number of amides is 1. The van der Waals surface area contributed by atoms with Crippen LogP contribution in [0.4, 0.5) is 0 Å². The molecule has 130 valence electrons. The second kappa shape index (κ2) is 8.73. The molecule has 0 aromatic carbocycles. The van der Waals surface area contributed by atoms with Crippen LogP contribution in [0.5, 0.6) is 0 Å². The molecule has 0 radical (unpaired) electrons. The van der Waals surface area contributed by atoms with Crippen LogP contribution in [0.1, 0.15) is 37.9 Å². The van der Waals surface area contributed by atoms with Gasteiger partial charge >= 0.3 is 0 Å². The van der Waals surface area contributed by atoms with E-state index in [4.69, 9.17) is 0 Å². The van der Waals surface area contributed by atoms with Crippen LogP contribution in [0.3, 0.4) is 0 Å². The van der Waals surface area contributed by atoms with Crippen molar-refractivity contribution in [2.24, 2.45) is 0 Å². The number of aryl methyl sites for hydroxylation is 1. The fraction of sp³-hybridized carbons (Fsp3) is 0.765. The highest BCUT2D eigenvalue weighted by molar-refractivity contribution is 7.99. The first-order valence-electron chi connectivity index (χ1n) is 8.50. The number of hydrogen-bond donors (Lipinski definition) is 0. The second-order valence-corrected chi connectivity index (χ2v) is 7.79. The minimum absolute atomic E-state index is 0.0690. The fourth-order valence-corrected chi connectivity index (χ4v) is 3.49. The summed E-state index contributed by atoms with van der Waals surface area (Å²) in [7, 11) is 4.22. The van der Waals surface area contributed by atoms with Gasteiger partial charge < -0.3 is 14.4 Å². The maximum atomic E-state index is 12.3. The summed E-state index contributed by atoms with van der Waals surface area (Å²) in [5, 5.41) is 0.0690. The summed E-state index contributed by atoms with van der Waals surface area (Å²) in [6, 6.07) is 0. The van der Waals surface area contributed by atoms with Gasteiger partial charge in [-0.05, 0) is 53.1 Å². The standard InChI is InChI=1S/C17H30N4OS/c1-14(23-4)17(22)21-11-6-15(7-12-21)16-18-8-13-20(16)10-5-9-19(2)3/h8,13-15H,5-7,9-12H2,1-4H3. The van der Waals surface area contributed by atoms with Crippen LogP contribution in [0.25, 0.3) is 0 Å². The average molecular weight is 339 g/mol. The van der Waals surface area contributed by atoms with E-state index in [0.29, 0.717) is 5.92 Å². The Labute approximate surface area is 144 Å². The predicted molar refractivity (Wildman–Crippen MR) is 96.9 cm³/mol. The van der Waals surface area contributed by atoms with E-state index in [1.807, 2.05) is 24.3 Å². The lowest BCUT2D eigenvalue weighted by molar-refractivity contribution is -0.131. The van der Waals surface area contributed by atoms with Crippen LogP contribution in [0, 0.1) is 0 Å². The zero-order chi connectivity index (χ0) is 16.8. The smallest absolute Gasteiger partial charge is 0.235 e. The maximum Gasteiger partial charge on any atom is 0.235 e. The van der Waals surface area contributed by atoms with E-state index in [2.05, 4.69) is 34.7 Å². The Hall–Kier alpha value is -1.01. The topological polar surface area (TPSA) is 41.4 Å². The van der Waals surface area contributed by atoms with Gasteiger partial charge in [0.05, 0.1) is 5.25 Å². The van der Waals surface area contributed by atoms with Gasteiger partial charge in [-0.2, -0.15) is 11.8 Å². The van der Waals surface area contributed by atoms with Gasteiger partial charge in [-0.15, -0.1) is 0 Å². The number of rotatable bonds is 7. The lowest BCUT2D eigenvalue weighted by Gasteiger charge is -2.33. The number of aromatic nitrogens is 2. The molecule has 6 heteroatoms. The Morgan fingerprint density at radius 1 is 1.43 bits per heavy atom. The van der Waals surface area contributed by atoms with E-state index >= 15 is 0 Å². The lowest BCUT2D eigenvalue weighted by Crippen LogP contribution is -2.42. The number of carbonyl (C=O) groups excluding carboxylic acids is 1. The molecule has 1 unspecified atom stereocenters. The van der Waals surface area contributed by atoms with Gasteiger partial charge in [-0.25, -0.2) is 4.98 Å². The molecule has 1 amide bonds. The Morgan fingerprint density at radius 3 is 2.74 bits per heavy atom. The molecule has 1 aromatic rings. The zero-order valence-corrected chi connectivity index (χ0v) is 15.7. The van der Waals surface area contributed by atoms with Crippen molar-refractivity contribution in [2.75, 3.05) is 40.0 Å². The van der Waals surface area contributed by atoms with E-state index < -0.39 is 0 Å². The van der Waals surface area contributed by atoms with Gasteiger partial charge in [0, 0.05) is 37.9 Å². The number of piperidine rings is 1. The number of nitrogens with zero attached hydrogens (tertiary/aromatic N) is 4. The lowest BCUT2D eigenvalue weighted by atomic mass is 9.95. The molecule has 1 aliphatic rings. The minimum atomic E-state index is 0.0690. The fourth-order valence-electron chi connectivity index (χ4n) is 3.14. The molecule has 1 aliphatic heterocycles. The Kier molecular flexibility index (Phi) is 6.96. The van der Waals surface area contributed by atoms with Gasteiger partial charge in [0.2, 0.25) is 5.91 Å². The highest BCUT2D eigenvalue weighted by atomic mass is 32.2. The van der Waals surface area contributed by atoms with Crippen LogP contribution in [-0.2, 0) is 11.3 Å². The molecule has 1 fully saturated rings. The molecule has 0 spiro atoms. The van der Waals surface area contributed by atoms with Crippen molar-refractivity contribution in [2.45, 2.75) is 43.9 Å². The van der Waals surface area contributed by atoms with Crippen LogP contribution in [0.2, 0.25) is 0 Å². The summed E-state index contributed by atoms with van der Waals surface area (Å²) in [5.41, 5.74) is 0. The molecular weight excluding hydrogens is 308 g/mol. The van der Waals surface area contributed by atoms with E-state index in [1.54, 1.807) is 11.8 Å². The van der Waals surface area contributed by atoms with E-state index in [0.717, 1.165) is 45.4 Å². The molecule has 2 heterocycles. The average Bonchev–Trinajstić information content (AvgIpc) is 3.01. The van der Waals surface area contributed by atoms with Crippen molar-refractivity contribution in [3.8, 4) is 0 Å². The second-order valence-electron chi connectivity index (χ2n) is 6.61. The Morgan fingerprint density at radius 2 is 2.13 bits per heavy atom. The van der Waals surface area contributed by atoms with Crippen molar-refractivity contribution >= 4 is 17.7 Å². The molecule has 0 bridgehead atoms. The number of imidazole rings is 1. The summed E-state index contributed by atoms with van der Waals surface area (Å²) in [6.07, 6.45) is 9.20. The summed E-state index contributed by atoms with van der Waals surface area (Å²) in [5.74, 6) is 1.97. The molecule has 0 N–H and O–H groups in total. The van der Waals surface area contributed by atoms with Crippen molar-refractivity contribution in [1.82, 2.24) is 19.4 Å². The van der Waals surface area contributed by atoms with Crippen LogP contribution in [0.15, 0.2) is 12.4 Å². The quantitative estimate of drug-likeness (QED) is 0.765. The normalized spacial score (nSPS) is 17.7. The Balaban J connectivity index is 1.88. The minimum Gasteiger partial charge on any atom is -0.342 e. The monoisotopic (exact) mass is 338 g/mol. The summed E-state index contributed by atoms with van der Waals surface area (Å²) in [4.78, 5) is 21.1. The first-order chi connectivity index (χ1) is 11.0. The molecule has 0 saturated carbocycles. The van der Waals surface area contributed by atoms with Gasteiger partial charge in [0.25, 0.3) is 0 Å². The van der Waals surface area contributed by atoms with Gasteiger partial charge in [-0.1, -0.05) is 0 Å². The van der Waals surface area contributed by atoms with Crippen LogP contribution in [-0.4, -0.2) is 70.5 Å². The SMILES string of the molecule is CSC(C)C(=O)N1CCC(c2nccn2CCCN(C)C)CC1. The van der Waals surface area contributed by atoms with E-state index in [1.165, 1.54) is 5.82 Å². The van der Waals surface area contributed by atoms with Crippen molar-refractivity contribution < 1.29 is 4.79 Å². The summed E-state index contributed by atoms with van der Waals surface area (Å²) in [6.45, 7) is 5.84. The third-order valence-electron chi connectivity index (χ3n) is 4.63. The number of carbonyl (C=O) groups is 1. The third-order valence-corrected chi connectivity index (χ3v) is 5.53. The highest BCUT2D eigenvalue weighted by Gasteiger charge is 2.28. The molecule has 1 saturated heterocycles. The first kappa shape index (κ1) is 18.3. The zero-order valence-electron chi connectivity index (χ0n) is 14.9. The van der Waals surface area contributed by atoms with Gasteiger partial charge in [-0.3, -0.25) is 4.79 Å². The molecule has 1 atom stereocenters. The van der Waals surface area contributed by atoms with Crippen LogP contribution >= 0.6 is 11.8 Å². The number of likely N-dealkylation sites (tertiary alicyclic amines) is 1. The van der Waals surface area contributed by atoms with Crippen LogP contribution < -0.4 is 0 Å². The molecule has 2 rings (SSSR count). The Bertz CT molecular complexity index is 495. The number of thioether (sulfide) groups is 1. The summed E-state index contributed by atoms with van der Waals surface area (Å²) >= 11 is 1.63. The largest absolute Gasteiger partial charge is 0.342 e. The predicted octanol–water partition coefficient (Wildman–Crippen LogP) is 2.29. The van der Waals surface area contributed by atoms with E-state index in [9.17, 15) is 4.79 Å². The maximum absolute atomic E-state index is 12.3. The highest BCUT2D eigenvalue weighted by Crippen LogP contribution is 2.28. The van der Waals surface area contributed by atoms with Crippen molar-refractivity contribution in [3.05, 3.63) is 18.2 Å². The number of hydrogen-bond acceptors (Lipinski definition) is 4.